The average molecular weight is 341 g/mol. The smallest absolute Gasteiger partial charge is 0.414 e. The minimum Gasteiger partial charge on any atom is -0.442 e. The van der Waals surface area contributed by atoms with Gasteiger partial charge in [-0.3, -0.25) is 9.69 Å². The fourth-order valence-corrected chi connectivity index (χ4v) is 2.17. The quantitative estimate of drug-likeness (QED) is 0.821. The van der Waals surface area contributed by atoms with Crippen LogP contribution in [0.3, 0.4) is 0 Å². The Morgan fingerprint density at radius 1 is 1.52 bits per heavy atom. The predicted molar refractivity (Wildman–Crippen MR) is 90.4 cm³/mol. The molecule has 126 valence electrons. The molecule has 1 fully saturated rings. The Labute approximate surface area is 140 Å². The van der Waals surface area contributed by atoms with E-state index in [1.807, 2.05) is 0 Å². The summed E-state index contributed by atoms with van der Waals surface area (Å²) in [7, 11) is 1.42. The second-order valence-electron chi connectivity index (χ2n) is 4.80. The van der Waals surface area contributed by atoms with Gasteiger partial charge in [-0.2, -0.15) is 0 Å². The molecule has 1 atom stereocenters. The molecule has 0 radical (unpaired) electrons. The van der Waals surface area contributed by atoms with Gasteiger partial charge in [0.05, 0.1) is 29.3 Å². The standard InChI is InChI=1S/C14H16FN3O3S.CH4/c1-8(22)17-6-10-7-18(14(20)21-10)9-3-4-11(12(15)5-9)13(19)16-2;/h3-5,10H,6-7H2,1-2H3,(H,16,19)(H,17,22);1H4/t10-;/m0./s1. The Morgan fingerprint density at radius 3 is 2.78 bits per heavy atom. The lowest BCUT2D eigenvalue weighted by molar-refractivity contribution is 0.0959. The van der Waals surface area contributed by atoms with Crippen LogP contribution >= 0.6 is 12.2 Å². The Bertz CT molecular complexity index is 624. The molecule has 0 aliphatic carbocycles. The first-order chi connectivity index (χ1) is 10.4. The molecule has 23 heavy (non-hydrogen) atoms. The molecule has 0 saturated carbocycles. The molecule has 0 spiro atoms. The van der Waals surface area contributed by atoms with Crippen LogP contribution in [-0.4, -0.2) is 43.2 Å². The number of rotatable bonds is 4. The average Bonchev–Trinajstić information content (AvgIpc) is 2.85. The number of thiocarbonyl (C=S) groups is 1. The number of nitrogens with one attached hydrogen (secondary N) is 2. The normalized spacial score (nSPS) is 16.4. The van der Waals surface area contributed by atoms with Gasteiger partial charge in [0.1, 0.15) is 11.9 Å². The minimum absolute atomic E-state index is 0. The van der Waals surface area contributed by atoms with E-state index < -0.39 is 17.8 Å². The molecule has 2 rings (SSSR count). The van der Waals surface area contributed by atoms with E-state index in [4.69, 9.17) is 17.0 Å². The molecule has 1 aromatic rings. The maximum atomic E-state index is 14.0. The predicted octanol–water partition coefficient (Wildman–Crippen LogP) is 2.08. The fraction of sp³-hybridized carbons (Fsp3) is 0.400. The van der Waals surface area contributed by atoms with Crippen molar-refractivity contribution >= 4 is 34.9 Å². The maximum Gasteiger partial charge on any atom is 0.414 e. The van der Waals surface area contributed by atoms with Crippen LogP contribution in [0.4, 0.5) is 14.9 Å². The van der Waals surface area contributed by atoms with E-state index in [9.17, 15) is 14.0 Å². The molecule has 0 aromatic heterocycles. The van der Waals surface area contributed by atoms with Gasteiger partial charge in [0.2, 0.25) is 0 Å². The number of cyclic esters (lactones) is 1. The van der Waals surface area contributed by atoms with Crippen molar-refractivity contribution in [2.24, 2.45) is 0 Å². The summed E-state index contributed by atoms with van der Waals surface area (Å²) in [5.74, 6) is -1.22. The number of benzene rings is 1. The Morgan fingerprint density at radius 2 is 2.22 bits per heavy atom. The Hall–Kier alpha value is -2.22. The third-order valence-corrected chi connectivity index (χ3v) is 3.33. The highest BCUT2D eigenvalue weighted by molar-refractivity contribution is 7.80. The number of hydrogen-bond acceptors (Lipinski definition) is 4. The summed E-state index contributed by atoms with van der Waals surface area (Å²) in [6, 6.07) is 3.99. The molecule has 1 aromatic carbocycles. The van der Waals surface area contributed by atoms with Gasteiger partial charge < -0.3 is 15.4 Å². The lowest BCUT2D eigenvalue weighted by Gasteiger charge is -2.14. The van der Waals surface area contributed by atoms with E-state index in [0.717, 1.165) is 6.07 Å². The van der Waals surface area contributed by atoms with Gasteiger partial charge in [-0.25, -0.2) is 9.18 Å². The van der Waals surface area contributed by atoms with Crippen molar-refractivity contribution in [3.8, 4) is 0 Å². The van der Waals surface area contributed by atoms with Crippen LogP contribution in [0.1, 0.15) is 24.7 Å². The molecular weight excluding hydrogens is 321 g/mol. The molecule has 1 heterocycles. The van der Waals surface area contributed by atoms with Gasteiger partial charge in [-0.15, -0.1) is 0 Å². The number of hydrogen-bond donors (Lipinski definition) is 2. The van der Waals surface area contributed by atoms with Crippen molar-refractivity contribution in [3.05, 3.63) is 29.6 Å². The van der Waals surface area contributed by atoms with Crippen LogP contribution < -0.4 is 15.5 Å². The van der Waals surface area contributed by atoms with Crippen LogP contribution in [0.25, 0.3) is 0 Å². The number of carbonyl (C=O) groups excluding carboxylic acids is 2. The van der Waals surface area contributed by atoms with Crippen molar-refractivity contribution in [3.63, 3.8) is 0 Å². The van der Waals surface area contributed by atoms with Crippen LogP contribution in [-0.2, 0) is 4.74 Å². The van der Waals surface area contributed by atoms with Gasteiger partial charge in [0.15, 0.2) is 0 Å². The van der Waals surface area contributed by atoms with E-state index in [1.165, 1.54) is 24.1 Å². The first-order valence-corrected chi connectivity index (χ1v) is 7.07. The molecule has 0 unspecified atom stereocenters. The molecule has 1 aliphatic rings. The topological polar surface area (TPSA) is 70.7 Å². The summed E-state index contributed by atoms with van der Waals surface area (Å²) in [6.07, 6.45) is -0.923. The zero-order chi connectivity index (χ0) is 16.3. The number of ether oxygens (including phenoxy) is 1. The molecule has 1 saturated heterocycles. The van der Waals surface area contributed by atoms with Crippen LogP contribution in [0.5, 0.6) is 0 Å². The van der Waals surface area contributed by atoms with Crippen molar-refractivity contribution in [2.45, 2.75) is 20.5 Å². The number of halogens is 1. The first-order valence-electron chi connectivity index (χ1n) is 6.66. The van der Waals surface area contributed by atoms with Gasteiger partial charge in [-0.1, -0.05) is 19.6 Å². The highest BCUT2D eigenvalue weighted by atomic mass is 32.1. The number of amides is 2. The minimum atomic E-state index is -0.694. The van der Waals surface area contributed by atoms with Crippen LogP contribution in [0, 0.1) is 5.82 Å². The van der Waals surface area contributed by atoms with Crippen molar-refractivity contribution in [1.82, 2.24) is 10.6 Å². The van der Waals surface area contributed by atoms with Crippen LogP contribution in [0.15, 0.2) is 18.2 Å². The van der Waals surface area contributed by atoms with Crippen molar-refractivity contribution < 1.29 is 18.7 Å². The monoisotopic (exact) mass is 341 g/mol. The zero-order valence-electron chi connectivity index (χ0n) is 12.2. The van der Waals surface area contributed by atoms with E-state index in [1.54, 1.807) is 6.92 Å². The molecular formula is C15H20FN3O3S. The third-order valence-electron chi connectivity index (χ3n) is 3.19. The number of anilines is 1. The Balaban J connectivity index is 0.00000264. The highest BCUT2D eigenvalue weighted by Crippen LogP contribution is 2.23. The largest absolute Gasteiger partial charge is 0.442 e. The van der Waals surface area contributed by atoms with Gasteiger partial charge in [-0.05, 0) is 25.1 Å². The van der Waals surface area contributed by atoms with Crippen LogP contribution in [0.2, 0.25) is 0 Å². The number of nitrogens with zero attached hydrogens (tertiary/aromatic N) is 1. The summed E-state index contributed by atoms with van der Waals surface area (Å²) in [4.78, 5) is 25.2. The molecule has 1 aliphatic heterocycles. The summed E-state index contributed by atoms with van der Waals surface area (Å²) < 4.78 is 19.1. The van der Waals surface area contributed by atoms with E-state index in [-0.39, 0.29) is 25.6 Å². The second kappa shape index (κ2) is 7.87. The SMILES string of the molecule is C.CNC(=O)c1ccc(N2C[C@H](CNC(C)=S)OC2=O)cc1F. The first kappa shape index (κ1) is 18.8. The molecule has 8 heteroatoms. The van der Waals surface area contributed by atoms with Gasteiger partial charge >= 0.3 is 6.09 Å². The summed E-state index contributed by atoms with van der Waals surface area (Å²) in [5.41, 5.74) is 0.269. The molecule has 2 N–H and O–H groups in total. The zero-order valence-corrected chi connectivity index (χ0v) is 13.0. The highest BCUT2D eigenvalue weighted by Gasteiger charge is 2.32. The van der Waals surface area contributed by atoms with Crippen molar-refractivity contribution in [2.75, 3.05) is 25.0 Å². The summed E-state index contributed by atoms with van der Waals surface area (Å²) >= 11 is 4.90. The van der Waals surface area contributed by atoms with Gasteiger partial charge in [0.25, 0.3) is 5.91 Å². The van der Waals surface area contributed by atoms with Crippen molar-refractivity contribution in [1.29, 1.82) is 0 Å². The fourth-order valence-electron chi connectivity index (χ4n) is 2.09. The molecule has 0 bridgehead atoms. The third kappa shape index (κ3) is 4.38. The Kier molecular flexibility index (Phi) is 6.44. The maximum absolute atomic E-state index is 14.0. The van der Waals surface area contributed by atoms with E-state index >= 15 is 0 Å². The summed E-state index contributed by atoms with van der Waals surface area (Å²) in [6.45, 7) is 2.42. The van der Waals surface area contributed by atoms with E-state index in [0.29, 0.717) is 17.2 Å². The van der Waals surface area contributed by atoms with E-state index in [2.05, 4.69) is 10.6 Å². The summed E-state index contributed by atoms with van der Waals surface area (Å²) in [5, 5.41) is 5.27. The van der Waals surface area contributed by atoms with Gasteiger partial charge in [0, 0.05) is 7.05 Å². The molecule has 2 amide bonds. The lowest BCUT2D eigenvalue weighted by atomic mass is 10.1. The lowest BCUT2D eigenvalue weighted by Crippen LogP contribution is -2.32. The number of carbonyl (C=O) groups is 2. The second-order valence-corrected chi connectivity index (χ2v) is 5.41. The molecule has 6 nitrogen and oxygen atoms in total.